The minimum absolute atomic E-state index is 0.141. The number of aromatic nitrogens is 1. The van der Waals surface area contributed by atoms with E-state index in [9.17, 15) is 14.7 Å². The first-order valence-corrected chi connectivity index (χ1v) is 11.6. The van der Waals surface area contributed by atoms with Crippen molar-refractivity contribution in [2.75, 3.05) is 13.2 Å². The number of benzene rings is 2. The van der Waals surface area contributed by atoms with Crippen LogP contribution in [0.2, 0.25) is 5.02 Å². The van der Waals surface area contributed by atoms with Crippen molar-refractivity contribution in [3.05, 3.63) is 69.9 Å². The molecule has 1 aliphatic carbocycles. The third-order valence-corrected chi connectivity index (χ3v) is 8.07. The minimum Gasteiger partial charge on any atom is -0.481 e. The number of carboxylic acids is 1. The van der Waals surface area contributed by atoms with Gasteiger partial charge in [-0.2, -0.15) is 0 Å². The van der Waals surface area contributed by atoms with Crippen molar-refractivity contribution in [1.82, 2.24) is 9.88 Å². The molecule has 2 aliphatic rings. The van der Waals surface area contributed by atoms with E-state index in [4.69, 9.17) is 16.3 Å². The van der Waals surface area contributed by atoms with Crippen LogP contribution in [-0.2, 0) is 27.5 Å². The van der Waals surface area contributed by atoms with Gasteiger partial charge in [-0.05, 0) is 61.4 Å². The molecule has 1 amide bonds. The SMILES string of the molecule is Cc1ccc2c(cc(C(=O)NC3(c4ccc(C5(C(=O)O)CCOC5)cc4)CCC3)n2C)c1Cl. The quantitative estimate of drug-likeness (QED) is 0.571. The number of fused-ring (bicyclic) bond motifs is 1. The number of rotatable bonds is 5. The number of hydrogen-bond acceptors (Lipinski definition) is 3. The minimum atomic E-state index is -0.991. The molecule has 0 spiro atoms. The second-order valence-corrected chi connectivity index (χ2v) is 9.75. The summed E-state index contributed by atoms with van der Waals surface area (Å²) in [6.45, 7) is 2.59. The Morgan fingerprint density at radius 3 is 2.36 bits per heavy atom. The summed E-state index contributed by atoms with van der Waals surface area (Å²) in [5.74, 6) is -0.999. The van der Waals surface area contributed by atoms with Crippen LogP contribution in [-0.4, -0.2) is 34.8 Å². The van der Waals surface area contributed by atoms with Crippen LogP contribution >= 0.6 is 11.6 Å². The molecular formula is C26H27ClN2O4. The van der Waals surface area contributed by atoms with Crippen LogP contribution < -0.4 is 5.32 Å². The number of carbonyl (C=O) groups excluding carboxylic acids is 1. The lowest BCUT2D eigenvalue weighted by atomic mass is 9.70. The summed E-state index contributed by atoms with van der Waals surface area (Å²) < 4.78 is 7.29. The van der Waals surface area contributed by atoms with Gasteiger partial charge >= 0.3 is 5.97 Å². The Bertz CT molecular complexity index is 1250. The van der Waals surface area contributed by atoms with Gasteiger partial charge in [-0.15, -0.1) is 0 Å². The average Bonchev–Trinajstić information content (AvgIpc) is 3.40. The molecule has 6 nitrogen and oxygen atoms in total. The first-order chi connectivity index (χ1) is 15.8. The van der Waals surface area contributed by atoms with E-state index >= 15 is 0 Å². The van der Waals surface area contributed by atoms with Gasteiger partial charge in [0.05, 0.1) is 17.2 Å². The fraction of sp³-hybridized carbons (Fsp3) is 0.385. The van der Waals surface area contributed by atoms with Gasteiger partial charge in [-0.3, -0.25) is 9.59 Å². The van der Waals surface area contributed by atoms with Crippen molar-refractivity contribution < 1.29 is 19.4 Å². The van der Waals surface area contributed by atoms with Gasteiger partial charge in [0.25, 0.3) is 5.91 Å². The number of ether oxygens (including phenoxy) is 1. The monoisotopic (exact) mass is 466 g/mol. The molecule has 1 unspecified atom stereocenters. The molecule has 33 heavy (non-hydrogen) atoms. The fourth-order valence-electron chi connectivity index (χ4n) is 5.19. The Hall–Kier alpha value is -2.83. The van der Waals surface area contributed by atoms with Crippen molar-refractivity contribution in [3.8, 4) is 0 Å². The average molecular weight is 467 g/mol. The molecule has 2 heterocycles. The van der Waals surface area contributed by atoms with Gasteiger partial charge in [0.2, 0.25) is 0 Å². The molecule has 1 atom stereocenters. The van der Waals surface area contributed by atoms with Crippen LogP contribution in [0.15, 0.2) is 42.5 Å². The molecule has 2 aromatic carbocycles. The predicted molar refractivity (Wildman–Crippen MR) is 127 cm³/mol. The lowest BCUT2D eigenvalue weighted by molar-refractivity contribution is -0.143. The van der Waals surface area contributed by atoms with E-state index in [1.807, 2.05) is 61.0 Å². The molecule has 1 saturated carbocycles. The van der Waals surface area contributed by atoms with Gasteiger partial charge in [-0.1, -0.05) is 41.9 Å². The Morgan fingerprint density at radius 2 is 1.79 bits per heavy atom. The molecule has 2 N–H and O–H groups in total. The number of hydrogen-bond donors (Lipinski definition) is 2. The molecule has 7 heteroatoms. The molecular weight excluding hydrogens is 440 g/mol. The van der Waals surface area contributed by atoms with Crippen molar-refractivity contribution in [2.24, 2.45) is 7.05 Å². The topological polar surface area (TPSA) is 80.6 Å². The van der Waals surface area contributed by atoms with Crippen LogP contribution in [0.4, 0.5) is 0 Å². The third kappa shape index (κ3) is 3.35. The summed E-state index contributed by atoms with van der Waals surface area (Å²) in [6.07, 6.45) is 3.17. The molecule has 5 rings (SSSR count). The number of carbonyl (C=O) groups is 2. The highest BCUT2D eigenvalue weighted by Crippen LogP contribution is 2.43. The zero-order valence-electron chi connectivity index (χ0n) is 18.8. The molecule has 1 aromatic heterocycles. The first kappa shape index (κ1) is 22.0. The maximum atomic E-state index is 13.4. The van der Waals surface area contributed by atoms with E-state index in [1.54, 1.807) is 0 Å². The Balaban J connectivity index is 1.44. The molecule has 1 saturated heterocycles. The summed E-state index contributed by atoms with van der Waals surface area (Å²) in [4.78, 5) is 25.3. The van der Waals surface area contributed by atoms with Gasteiger partial charge < -0.3 is 19.7 Å². The van der Waals surface area contributed by atoms with E-state index in [-0.39, 0.29) is 12.5 Å². The van der Waals surface area contributed by atoms with Crippen molar-refractivity contribution in [3.63, 3.8) is 0 Å². The van der Waals surface area contributed by atoms with Crippen LogP contribution in [0.3, 0.4) is 0 Å². The Labute approximate surface area is 197 Å². The molecule has 2 fully saturated rings. The fourth-order valence-corrected chi connectivity index (χ4v) is 5.41. The predicted octanol–water partition coefficient (Wildman–Crippen LogP) is 4.69. The van der Waals surface area contributed by atoms with E-state index in [1.165, 1.54) is 0 Å². The van der Waals surface area contributed by atoms with Crippen LogP contribution in [0.5, 0.6) is 0 Å². The molecule has 0 radical (unpaired) electrons. The number of carboxylic acid groups (broad SMARTS) is 1. The zero-order chi connectivity index (χ0) is 23.4. The molecule has 1 aliphatic heterocycles. The smallest absolute Gasteiger partial charge is 0.316 e. The van der Waals surface area contributed by atoms with Crippen LogP contribution in [0.25, 0.3) is 10.9 Å². The van der Waals surface area contributed by atoms with Crippen LogP contribution in [0.1, 0.15) is 52.9 Å². The molecule has 3 aromatic rings. The summed E-state index contributed by atoms with van der Waals surface area (Å²) >= 11 is 6.49. The summed E-state index contributed by atoms with van der Waals surface area (Å²) in [7, 11) is 1.88. The second kappa shape index (κ2) is 7.89. The Kier molecular flexibility index (Phi) is 5.26. The third-order valence-electron chi connectivity index (χ3n) is 7.57. The summed E-state index contributed by atoms with van der Waals surface area (Å²) in [5, 5.41) is 14.6. The normalized spacial score (nSPS) is 21.7. The largest absolute Gasteiger partial charge is 0.481 e. The highest BCUT2D eigenvalue weighted by Gasteiger charge is 2.45. The highest BCUT2D eigenvalue weighted by molar-refractivity contribution is 6.36. The second-order valence-electron chi connectivity index (χ2n) is 9.37. The Morgan fingerprint density at radius 1 is 1.09 bits per heavy atom. The number of aryl methyl sites for hydroxylation is 2. The number of halogens is 1. The summed E-state index contributed by atoms with van der Waals surface area (Å²) in [5.41, 5.74) is 2.76. The van der Waals surface area contributed by atoms with E-state index in [0.717, 1.165) is 46.9 Å². The van der Waals surface area contributed by atoms with E-state index in [0.29, 0.717) is 23.7 Å². The van der Waals surface area contributed by atoms with Crippen LogP contribution in [0, 0.1) is 6.92 Å². The number of amides is 1. The van der Waals surface area contributed by atoms with E-state index in [2.05, 4.69) is 5.32 Å². The zero-order valence-corrected chi connectivity index (χ0v) is 19.5. The summed E-state index contributed by atoms with van der Waals surface area (Å²) in [6, 6.07) is 13.5. The maximum Gasteiger partial charge on any atom is 0.316 e. The number of aliphatic carboxylic acids is 1. The highest BCUT2D eigenvalue weighted by atomic mass is 35.5. The molecule has 0 bridgehead atoms. The maximum absolute atomic E-state index is 13.4. The standard InChI is InChI=1S/C26H27ClN2O4/c1-16-4-9-20-19(22(16)27)14-21(29(20)2)23(30)28-26(10-3-11-26)18-7-5-17(6-8-18)25(24(31)32)12-13-33-15-25/h4-9,14H,3,10-13,15H2,1-2H3,(H,28,30)(H,31,32). The lowest BCUT2D eigenvalue weighted by Gasteiger charge is -2.43. The molecule has 172 valence electrons. The first-order valence-electron chi connectivity index (χ1n) is 11.3. The lowest BCUT2D eigenvalue weighted by Crippen LogP contribution is -2.51. The van der Waals surface area contributed by atoms with Crippen molar-refractivity contribution in [1.29, 1.82) is 0 Å². The number of nitrogens with one attached hydrogen (secondary N) is 1. The van der Waals surface area contributed by atoms with Gasteiger partial charge in [-0.25, -0.2) is 0 Å². The van der Waals surface area contributed by atoms with E-state index < -0.39 is 16.9 Å². The van der Waals surface area contributed by atoms with Gasteiger partial charge in [0.15, 0.2) is 0 Å². The number of nitrogens with zero attached hydrogens (tertiary/aromatic N) is 1. The van der Waals surface area contributed by atoms with Crippen molar-refractivity contribution in [2.45, 2.75) is 43.6 Å². The van der Waals surface area contributed by atoms with Gasteiger partial charge in [0, 0.05) is 24.6 Å². The van der Waals surface area contributed by atoms with Crippen molar-refractivity contribution >= 4 is 34.4 Å². The van der Waals surface area contributed by atoms with Gasteiger partial charge in [0.1, 0.15) is 11.1 Å².